The molecule has 0 amide bonds. The van der Waals surface area contributed by atoms with Crippen molar-refractivity contribution in [2.75, 3.05) is 6.61 Å². The van der Waals surface area contributed by atoms with Crippen LogP contribution in [0.2, 0.25) is 0 Å². The predicted octanol–water partition coefficient (Wildman–Crippen LogP) is 7.72. The first-order chi connectivity index (χ1) is 23.7. The molecule has 0 aromatic heterocycles. The van der Waals surface area contributed by atoms with Crippen LogP contribution in [-0.2, 0) is 9.59 Å². The second-order valence-electron chi connectivity index (χ2n) is 10.1. The molecule has 278 valence electrons. The van der Waals surface area contributed by atoms with E-state index in [1.165, 1.54) is 0 Å². The quantitative estimate of drug-likeness (QED) is 0.0242. The van der Waals surface area contributed by atoms with E-state index >= 15 is 0 Å². The maximum Gasteiger partial charge on any atom is 0.311 e. The molecule has 0 aliphatic rings. The van der Waals surface area contributed by atoms with Crippen LogP contribution in [0.25, 0.3) is 0 Å². The molecule has 0 aliphatic carbocycles. The highest BCUT2D eigenvalue weighted by Gasteiger charge is 2.44. The standard InChI is InChI=1S/C28H14F15NO7/c29-10-13(32)19(38)25(20(39)14(10)33)49-7-1-4-28(44(47)48,5-2-8(45)50-26-21(40)15(34)11(30)16(35)22(26)41)6-3-9(46)51-27-23(42)17(36)12(31)18(37)24(27)43/h1-7H2. The molecule has 0 spiro atoms. The number of carbonyl (C=O) groups excluding carboxylic acids is 2. The highest BCUT2D eigenvalue weighted by atomic mass is 19.2. The number of carbonyl (C=O) groups is 2. The third kappa shape index (κ3) is 8.06. The first-order valence-electron chi connectivity index (χ1n) is 13.4. The lowest BCUT2D eigenvalue weighted by atomic mass is 9.84. The molecule has 0 saturated carbocycles. The predicted molar refractivity (Wildman–Crippen MR) is 133 cm³/mol. The Labute approximate surface area is 272 Å². The van der Waals surface area contributed by atoms with E-state index in [4.69, 9.17) is 0 Å². The molecule has 0 heterocycles. The van der Waals surface area contributed by atoms with Gasteiger partial charge in [-0.15, -0.1) is 0 Å². The molecular formula is C28H14F15NO7. The van der Waals surface area contributed by atoms with Gasteiger partial charge in [0.05, 0.1) is 19.4 Å². The van der Waals surface area contributed by atoms with E-state index in [1.54, 1.807) is 0 Å². The Hall–Kier alpha value is -5.25. The second kappa shape index (κ2) is 15.7. The topological polar surface area (TPSA) is 105 Å². The van der Waals surface area contributed by atoms with Gasteiger partial charge in [-0.2, -0.15) is 26.3 Å². The second-order valence-corrected chi connectivity index (χ2v) is 10.1. The minimum absolute atomic E-state index is 0.833. The van der Waals surface area contributed by atoms with E-state index in [0.29, 0.717) is 0 Å². The molecular weight excluding hydrogens is 747 g/mol. The first kappa shape index (κ1) is 40.2. The summed E-state index contributed by atoms with van der Waals surface area (Å²) in [5.41, 5.74) is -2.76. The van der Waals surface area contributed by atoms with Crippen LogP contribution in [0.15, 0.2) is 0 Å². The van der Waals surface area contributed by atoms with Gasteiger partial charge in [-0.25, -0.2) is 39.5 Å². The van der Waals surface area contributed by atoms with E-state index in [-0.39, 0.29) is 0 Å². The molecule has 0 N–H and O–H groups in total. The summed E-state index contributed by atoms with van der Waals surface area (Å²) >= 11 is 0. The molecule has 3 aromatic carbocycles. The van der Waals surface area contributed by atoms with Crippen molar-refractivity contribution in [2.24, 2.45) is 0 Å². The summed E-state index contributed by atoms with van der Waals surface area (Å²) in [7, 11) is 0. The minimum atomic E-state index is -2.76. The number of nitro groups is 1. The Morgan fingerprint density at radius 1 is 0.471 bits per heavy atom. The first-order valence-corrected chi connectivity index (χ1v) is 13.4. The monoisotopic (exact) mass is 761 g/mol. The van der Waals surface area contributed by atoms with Crippen LogP contribution in [0.4, 0.5) is 65.9 Å². The van der Waals surface area contributed by atoms with Crippen LogP contribution in [0, 0.1) is 97.4 Å². The summed E-state index contributed by atoms with van der Waals surface area (Å²) < 4.78 is 217. The van der Waals surface area contributed by atoms with Crippen molar-refractivity contribution >= 4 is 11.9 Å². The van der Waals surface area contributed by atoms with Crippen LogP contribution < -0.4 is 14.2 Å². The van der Waals surface area contributed by atoms with Crippen molar-refractivity contribution < 1.29 is 94.6 Å². The van der Waals surface area contributed by atoms with Crippen molar-refractivity contribution in [2.45, 2.75) is 44.1 Å². The number of hydrogen-bond acceptors (Lipinski definition) is 7. The van der Waals surface area contributed by atoms with Crippen molar-refractivity contribution in [1.29, 1.82) is 0 Å². The summed E-state index contributed by atoms with van der Waals surface area (Å²) in [6.07, 6.45) is -7.06. The molecule has 0 radical (unpaired) electrons. The van der Waals surface area contributed by atoms with Gasteiger partial charge in [0, 0.05) is 24.2 Å². The molecule has 0 unspecified atom stereocenters. The number of hydrogen-bond donors (Lipinski definition) is 0. The van der Waals surface area contributed by atoms with Crippen LogP contribution in [0.5, 0.6) is 17.2 Å². The molecule has 0 atom stereocenters. The van der Waals surface area contributed by atoms with E-state index in [2.05, 4.69) is 14.2 Å². The average molecular weight is 761 g/mol. The van der Waals surface area contributed by atoms with Gasteiger partial charge in [0.25, 0.3) is 0 Å². The van der Waals surface area contributed by atoms with Crippen LogP contribution in [0.1, 0.15) is 38.5 Å². The Morgan fingerprint density at radius 2 is 0.745 bits per heavy atom. The fraction of sp³-hybridized carbons (Fsp3) is 0.286. The Morgan fingerprint density at radius 3 is 1.04 bits per heavy atom. The summed E-state index contributed by atoms with van der Waals surface area (Å²) in [5, 5.41) is 12.2. The number of benzene rings is 3. The van der Waals surface area contributed by atoms with Crippen molar-refractivity contribution in [1.82, 2.24) is 0 Å². The fourth-order valence-electron chi connectivity index (χ4n) is 4.28. The zero-order valence-corrected chi connectivity index (χ0v) is 24.4. The van der Waals surface area contributed by atoms with Crippen molar-refractivity contribution in [3.63, 3.8) is 0 Å². The summed E-state index contributed by atoms with van der Waals surface area (Å²) in [6.45, 7) is -1.11. The number of halogens is 15. The Bertz CT molecular complexity index is 1730. The maximum absolute atomic E-state index is 13.9. The molecule has 0 fully saturated rings. The largest absolute Gasteiger partial charge is 0.487 e. The molecule has 8 nitrogen and oxygen atoms in total. The minimum Gasteiger partial charge on any atom is -0.487 e. The lowest BCUT2D eigenvalue weighted by molar-refractivity contribution is -0.574. The van der Waals surface area contributed by atoms with E-state index in [1.807, 2.05) is 0 Å². The number of ether oxygens (including phenoxy) is 3. The molecule has 23 heteroatoms. The van der Waals surface area contributed by atoms with Gasteiger partial charge in [0.1, 0.15) is 0 Å². The van der Waals surface area contributed by atoms with Crippen molar-refractivity contribution in [3.8, 4) is 17.2 Å². The third-order valence-corrected chi connectivity index (χ3v) is 6.95. The van der Waals surface area contributed by atoms with Gasteiger partial charge in [-0.3, -0.25) is 19.7 Å². The number of rotatable bonds is 14. The van der Waals surface area contributed by atoms with Gasteiger partial charge >= 0.3 is 11.9 Å². The van der Waals surface area contributed by atoms with E-state index in [0.717, 1.165) is 0 Å². The normalized spacial score (nSPS) is 11.5. The van der Waals surface area contributed by atoms with Crippen LogP contribution in [-0.4, -0.2) is 29.0 Å². The lowest BCUT2D eigenvalue weighted by Crippen LogP contribution is -2.40. The Balaban J connectivity index is 1.87. The van der Waals surface area contributed by atoms with Gasteiger partial charge in [0.15, 0.2) is 5.75 Å². The Kier molecular flexibility index (Phi) is 12.4. The van der Waals surface area contributed by atoms with Gasteiger partial charge in [0.2, 0.25) is 104 Å². The summed E-state index contributed by atoms with van der Waals surface area (Å²) in [6, 6.07) is 0. The molecule has 0 bridgehead atoms. The van der Waals surface area contributed by atoms with E-state index < -0.39 is 172 Å². The summed E-state index contributed by atoms with van der Waals surface area (Å²) in [5.74, 6) is -48.4. The lowest BCUT2D eigenvalue weighted by Gasteiger charge is -2.25. The molecule has 0 aliphatic heterocycles. The smallest absolute Gasteiger partial charge is 0.311 e. The van der Waals surface area contributed by atoms with Crippen molar-refractivity contribution in [3.05, 3.63) is 97.4 Å². The van der Waals surface area contributed by atoms with Crippen LogP contribution in [0.3, 0.4) is 0 Å². The fourth-order valence-corrected chi connectivity index (χ4v) is 4.28. The zero-order valence-electron chi connectivity index (χ0n) is 24.4. The zero-order chi connectivity index (χ0) is 38.7. The molecule has 3 rings (SSSR count). The van der Waals surface area contributed by atoms with Gasteiger partial charge in [-0.05, 0) is 6.42 Å². The van der Waals surface area contributed by atoms with Gasteiger partial charge < -0.3 is 14.2 Å². The van der Waals surface area contributed by atoms with Crippen LogP contribution >= 0.6 is 0 Å². The van der Waals surface area contributed by atoms with E-state index in [9.17, 15) is 85.6 Å². The highest BCUT2D eigenvalue weighted by Crippen LogP contribution is 2.35. The van der Waals surface area contributed by atoms with Gasteiger partial charge in [-0.1, -0.05) is 0 Å². The third-order valence-electron chi connectivity index (χ3n) is 6.95. The number of esters is 2. The average Bonchev–Trinajstić information content (AvgIpc) is 3.10. The molecule has 51 heavy (non-hydrogen) atoms. The number of nitrogens with zero attached hydrogens (tertiary/aromatic N) is 1. The molecule has 3 aromatic rings. The SMILES string of the molecule is O=C(CCC(CCCOc1c(F)c(F)c(F)c(F)c1F)(CCC(=O)Oc1c(F)c(F)c(F)c(F)c1F)[N+](=O)[O-])Oc1c(F)c(F)c(F)c(F)c1F. The maximum atomic E-state index is 13.9. The summed E-state index contributed by atoms with van der Waals surface area (Å²) in [4.78, 5) is 35.6. The highest BCUT2D eigenvalue weighted by molar-refractivity contribution is 5.73. The molecule has 0 saturated heterocycles.